The lowest BCUT2D eigenvalue weighted by atomic mass is 9.70. The molecule has 2 atom stereocenters. The summed E-state index contributed by atoms with van der Waals surface area (Å²) < 4.78 is 11.0. The molecule has 0 bridgehead atoms. The van der Waals surface area contributed by atoms with Crippen molar-refractivity contribution in [3.05, 3.63) is 59.2 Å². The van der Waals surface area contributed by atoms with E-state index in [1.54, 1.807) is 11.0 Å². The van der Waals surface area contributed by atoms with Gasteiger partial charge in [0.1, 0.15) is 11.9 Å². The van der Waals surface area contributed by atoms with Crippen LogP contribution in [-0.2, 0) is 11.2 Å². The first-order valence-corrected chi connectivity index (χ1v) is 11.2. The summed E-state index contributed by atoms with van der Waals surface area (Å²) in [6, 6.07) is 13.0. The number of benzene rings is 2. The molecule has 2 aromatic carbocycles. The van der Waals surface area contributed by atoms with E-state index >= 15 is 0 Å². The number of hydrogen-bond donors (Lipinski definition) is 3. The number of hydrogen-bond acceptors (Lipinski definition) is 8. The highest BCUT2D eigenvalue weighted by molar-refractivity contribution is 6.59. The van der Waals surface area contributed by atoms with Crippen molar-refractivity contribution in [3.8, 4) is 11.5 Å². The maximum absolute atomic E-state index is 12.9. The van der Waals surface area contributed by atoms with Gasteiger partial charge in [0.25, 0.3) is 0 Å². The van der Waals surface area contributed by atoms with Gasteiger partial charge in [-0.2, -0.15) is 0 Å². The van der Waals surface area contributed by atoms with E-state index in [0.29, 0.717) is 24.6 Å². The van der Waals surface area contributed by atoms with E-state index in [1.807, 2.05) is 18.2 Å². The maximum Gasteiger partial charge on any atom is 0.430 e. The quantitative estimate of drug-likeness (QED) is 0.525. The van der Waals surface area contributed by atoms with Gasteiger partial charge in [-0.3, -0.25) is 4.79 Å². The minimum absolute atomic E-state index is 0.00947. The van der Waals surface area contributed by atoms with Gasteiger partial charge in [0.2, 0.25) is 5.91 Å². The first-order valence-electron chi connectivity index (χ1n) is 11.2. The molecule has 3 heterocycles. The van der Waals surface area contributed by atoms with Crippen LogP contribution in [0.4, 0.5) is 0 Å². The van der Waals surface area contributed by atoms with Crippen molar-refractivity contribution < 1.29 is 34.1 Å². The Balaban J connectivity index is 1.21. The van der Waals surface area contributed by atoms with Crippen molar-refractivity contribution in [3.63, 3.8) is 0 Å². The third-order valence-corrected chi connectivity index (χ3v) is 6.65. The summed E-state index contributed by atoms with van der Waals surface area (Å²) in [7, 11) is 0. The van der Waals surface area contributed by atoms with Crippen LogP contribution in [-0.4, -0.2) is 65.4 Å². The summed E-state index contributed by atoms with van der Waals surface area (Å²) in [5, 5.41) is 34.8. The first kappa shape index (κ1) is 21.8. The number of carbonyl (C=O) groups is 2. The number of ether oxygens (including phenoxy) is 1. The number of carboxylic acid groups (broad SMARTS) is 1. The number of aryl methyl sites for hydroxylation is 1. The molecule has 33 heavy (non-hydrogen) atoms. The van der Waals surface area contributed by atoms with Gasteiger partial charge < -0.3 is 39.6 Å². The molecule has 0 unspecified atom stereocenters. The van der Waals surface area contributed by atoms with Gasteiger partial charge in [0, 0.05) is 6.54 Å². The summed E-state index contributed by atoms with van der Waals surface area (Å²) in [5.74, 6) is -1.32. The van der Waals surface area contributed by atoms with Crippen molar-refractivity contribution >= 4 is 18.6 Å². The van der Waals surface area contributed by atoms with E-state index < -0.39 is 12.7 Å². The molecule has 2 saturated heterocycles. The van der Waals surface area contributed by atoms with E-state index in [4.69, 9.17) is 9.39 Å². The fourth-order valence-corrected chi connectivity index (χ4v) is 4.82. The van der Waals surface area contributed by atoms with Crippen LogP contribution in [0.2, 0.25) is 6.32 Å². The minimum atomic E-state index is -3.12. The molecule has 0 aliphatic carbocycles. The van der Waals surface area contributed by atoms with Crippen molar-refractivity contribution in [2.24, 2.45) is 0 Å². The van der Waals surface area contributed by atoms with Gasteiger partial charge in [0.05, 0.1) is 36.4 Å². The molecule has 10 heteroatoms. The SMILES string of the molecule is O=C([O-])c1c(OC2CN(C(=O)[C@@H]3C[C@H](c4ccccc4)CN3)C2)ccc2c1O[B-](O)(O)CC2. The summed E-state index contributed by atoms with van der Waals surface area (Å²) in [4.78, 5) is 26.4. The third-order valence-electron chi connectivity index (χ3n) is 6.65. The minimum Gasteiger partial charge on any atom is -0.669 e. The van der Waals surface area contributed by atoms with Gasteiger partial charge in [-0.15, -0.1) is 0 Å². The largest absolute Gasteiger partial charge is 0.669 e. The summed E-state index contributed by atoms with van der Waals surface area (Å²) in [6.07, 6.45) is 0.610. The van der Waals surface area contributed by atoms with Crippen molar-refractivity contribution in [2.75, 3.05) is 19.6 Å². The Morgan fingerprint density at radius 3 is 2.64 bits per heavy atom. The Hall–Kier alpha value is -3.08. The molecule has 3 aliphatic heterocycles. The van der Waals surface area contributed by atoms with Crippen LogP contribution in [0.25, 0.3) is 0 Å². The second kappa shape index (κ2) is 8.37. The Labute approximate surface area is 190 Å². The number of amides is 1. The second-order valence-corrected chi connectivity index (χ2v) is 9.02. The average Bonchev–Trinajstić information content (AvgIpc) is 3.25. The molecule has 0 aromatic heterocycles. The number of carbonyl (C=O) groups excluding carboxylic acids is 2. The molecule has 174 valence electrons. The lowest BCUT2D eigenvalue weighted by Gasteiger charge is -2.41. The molecule has 2 aromatic rings. The molecule has 3 aliphatic rings. The Bertz CT molecular complexity index is 1070. The zero-order valence-corrected chi connectivity index (χ0v) is 18.0. The average molecular weight is 452 g/mol. The molecule has 2 fully saturated rings. The zero-order valence-electron chi connectivity index (χ0n) is 18.0. The fourth-order valence-electron chi connectivity index (χ4n) is 4.82. The highest BCUT2D eigenvalue weighted by Gasteiger charge is 2.39. The molecule has 0 saturated carbocycles. The number of rotatable bonds is 5. The van der Waals surface area contributed by atoms with Gasteiger partial charge >= 0.3 is 6.75 Å². The highest BCUT2D eigenvalue weighted by atomic mass is 16.6. The van der Waals surface area contributed by atoms with Crippen LogP contribution in [0.15, 0.2) is 42.5 Å². The van der Waals surface area contributed by atoms with Crippen LogP contribution in [0.3, 0.4) is 0 Å². The topological polar surface area (TPSA) is 131 Å². The zero-order chi connectivity index (χ0) is 23.2. The predicted octanol–water partition coefficient (Wildman–Crippen LogP) is -0.356. The smallest absolute Gasteiger partial charge is 0.430 e. The predicted molar refractivity (Wildman–Crippen MR) is 117 cm³/mol. The summed E-state index contributed by atoms with van der Waals surface area (Å²) in [5.41, 5.74) is 1.42. The Morgan fingerprint density at radius 2 is 1.91 bits per heavy atom. The van der Waals surface area contributed by atoms with Gasteiger partial charge in [0.15, 0.2) is 0 Å². The van der Waals surface area contributed by atoms with Crippen LogP contribution < -0.4 is 19.8 Å². The first-order chi connectivity index (χ1) is 15.8. The molecule has 0 spiro atoms. The number of nitrogens with zero attached hydrogens (tertiary/aromatic N) is 1. The number of nitrogens with one attached hydrogen (secondary N) is 1. The Kier molecular flexibility index (Phi) is 5.51. The van der Waals surface area contributed by atoms with E-state index in [1.165, 1.54) is 11.6 Å². The number of fused-ring (bicyclic) bond motifs is 1. The van der Waals surface area contributed by atoms with Crippen molar-refractivity contribution in [1.82, 2.24) is 10.2 Å². The summed E-state index contributed by atoms with van der Waals surface area (Å²) >= 11 is 0. The van der Waals surface area contributed by atoms with E-state index in [0.717, 1.165) is 13.0 Å². The van der Waals surface area contributed by atoms with E-state index in [9.17, 15) is 24.7 Å². The van der Waals surface area contributed by atoms with Gasteiger partial charge in [-0.1, -0.05) is 42.7 Å². The fraction of sp³-hybridized carbons (Fsp3) is 0.391. The van der Waals surface area contributed by atoms with Crippen LogP contribution >= 0.6 is 0 Å². The molecule has 0 radical (unpaired) electrons. The highest BCUT2D eigenvalue weighted by Crippen LogP contribution is 2.38. The van der Waals surface area contributed by atoms with Crippen LogP contribution in [0.5, 0.6) is 11.5 Å². The Morgan fingerprint density at radius 1 is 1.15 bits per heavy atom. The molecular formula is C23H25BN2O7-2. The third kappa shape index (κ3) is 4.29. The molecule has 1 amide bonds. The molecule has 5 rings (SSSR count). The summed E-state index contributed by atoms with van der Waals surface area (Å²) in [6.45, 7) is -1.70. The number of carboxylic acids is 1. The van der Waals surface area contributed by atoms with E-state index in [-0.39, 0.29) is 47.9 Å². The molecular weight excluding hydrogens is 427 g/mol. The monoisotopic (exact) mass is 452 g/mol. The van der Waals surface area contributed by atoms with Crippen LogP contribution in [0, 0.1) is 0 Å². The maximum atomic E-state index is 12.9. The van der Waals surface area contributed by atoms with Gasteiger partial charge in [-0.25, -0.2) is 0 Å². The number of likely N-dealkylation sites (tertiary alicyclic amines) is 1. The van der Waals surface area contributed by atoms with Gasteiger partial charge in [-0.05, 0) is 36.0 Å². The van der Waals surface area contributed by atoms with Crippen LogP contribution in [0.1, 0.15) is 33.8 Å². The second-order valence-electron chi connectivity index (χ2n) is 9.02. The molecule has 3 N–H and O–H groups in total. The van der Waals surface area contributed by atoms with E-state index in [2.05, 4.69) is 17.4 Å². The standard InChI is InChI=1S/C23H26BN2O7/c27-22(18-10-16(11-25-18)14-4-2-1-3-5-14)26-12-17(13-26)32-19-7-6-15-8-9-24(30,31)33-21(15)20(19)23(28)29/h1-7,16-18,25,30-31H,8-13H2,(H,28,29)/q-1/p-1/t16-,18-/m0/s1. The number of aromatic carboxylic acids is 1. The van der Waals surface area contributed by atoms with Crippen molar-refractivity contribution in [1.29, 1.82) is 0 Å². The van der Waals surface area contributed by atoms with Crippen molar-refractivity contribution in [2.45, 2.75) is 37.2 Å². The molecule has 9 nitrogen and oxygen atoms in total. The lowest BCUT2D eigenvalue weighted by Crippen LogP contribution is -2.59. The normalized spacial score (nSPS) is 23.9. The lowest BCUT2D eigenvalue weighted by molar-refractivity contribution is -0.255.